The van der Waals surface area contributed by atoms with E-state index in [1.807, 2.05) is 26.8 Å². The fraction of sp³-hybridized carbons (Fsp3) is 0.533. The zero-order valence-electron chi connectivity index (χ0n) is 12.0. The van der Waals surface area contributed by atoms with Gasteiger partial charge in [-0.05, 0) is 31.9 Å². The van der Waals surface area contributed by atoms with Gasteiger partial charge in [-0.25, -0.2) is 4.79 Å². The maximum Gasteiger partial charge on any atom is 0.341 e. The van der Waals surface area contributed by atoms with Crippen molar-refractivity contribution in [2.45, 2.75) is 34.0 Å². The molecule has 0 aliphatic rings. The van der Waals surface area contributed by atoms with Gasteiger partial charge in [0.1, 0.15) is 11.3 Å². The van der Waals surface area contributed by atoms with Crippen LogP contribution in [0.3, 0.4) is 0 Å². The largest absolute Gasteiger partial charge is 0.464 e. The van der Waals surface area contributed by atoms with Crippen LogP contribution in [0, 0.1) is 5.92 Å². The van der Waals surface area contributed by atoms with Gasteiger partial charge in [-0.3, -0.25) is 0 Å². The molecule has 0 N–H and O–H groups in total. The Morgan fingerprint density at radius 2 is 1.89 bits per heavy atom. The van der Waals surface area contributed by atoms with E-state index in [-0.39, 0.29) is 5.97 Å². The summed E-state index contributed by atoms with van der Waals surface area (Å²) in [7, 11) is 0. The number of carbonyl (C=O) groups excluding carboxylic acids is 1. The average Bonchev–Trinajstić information content (AvgIpc) is 2.36. The first-order valence-corrected chi connectivity index (χ1v) is 6.59. The minimum absolute atomic E-state index is 0.305. The lowest BCUT2D eigenvalue weighted by Gasteiger charge is -2.16. The van der Waals surface area contributed by atoms with Crippen LogP contribution in [0.4, 0.5) is 0 Å². The average molecular weight is 266 g/mol. The van der Waals surface area contributed by atoms with Crippen molar-refractivity contribution in [2.24, 2.45) is 5.92 Å². The Balaban J connectivity index is 2.74. The fourth-order valence-corrected chi connectivity index (χ4v) is 1.51. The highest BCUT2D eigenvalue weighted by Crippen LogP contribution is 2.20. The number of ether oxygens (including phenoxy) is 3. The van der Waals surface area contributed by atoms with E-state index >= 15 is 0 Å². The van der Waals surface area contributed by atoms with Crippen LogP contribution in [0.2, 0.25) is 0 Å². The van der Waals surface area contributed by atoms with Crippen molar-refractivity contribution < 1.29 is 19.0 Å². The van der Waals surface area contributed by atoms with Crippen LogP contribution >= 0.6 is 0 Å². The standard InChI is InChI=1S/C15H22O4/c1-5-17-12(4)19-14-9-7-6-8-13(14)15(16)18-10-11(2)3/h6-9,11-12H,5,10H2,1-4H3. The first-order valence-electron chi connectivity index (χ1n) is 6.59. The lowest BCUT2D eigenvalue weighted by Crippen LogP contribution is -2.18. The number of benzene rings is 1. The summed E-state index contributed by atoms with van der Waals surface area (Å²) >= 11 is 0. The van der Waals surface area contributed by atoms with E-state index in [1.54, 1.807) is 25.1 Å². The zero-order chi connectivity index (χ0) is 14.3. The van der Waals surface area contributed by atoms with Crippen molar-refractivity contribution in [1.29, 1.82) is 0 Å². The Morgan fingerprint density at radius 1 is 1.21 bits per heavy atom. The monoisotopic (exact) mass is 266 g/mol. The van der Waals surface area contributed by atoms with E-state index in [0.29, 0.717) is 30.4 Å². The van der Waals surface area contributed by atoms with Gasteiger partial charge in [0.2, 0.25) is 0 Å². The molecule has 1 rings (SSSR count). The summed E-state index contributed by atoms with van der Waals surface area (Å²) in [5.74, 6) is 0.421. The molecule has 0 saturated heterocycles. The van der Waals surface area contributed by atoms with Crippen molar-refractivity contribution in [3.63, 3.8) is 0 Å². The number of hydrogen-bond acceptors (Lipinski definition) is 4. The van der Waals surface area contributed by atoms with E-state index < -0.39 is 6.29 Å². The van der Waals surface area contributed by atoms with Gasteiger partial charge in [-0.2, -0.15) is 0 Å². The van der Waals surface area contributed by atoms with Crippen molar-refractivity contribution in [3.05, 3.63) is 29.8 Å². The third-order valence-corrected chi connectivity index (χ3v) is 2.35. The summed E-state index contributed by atoms with van der Waals surface area (Å²) in [5, 5.41) is 0. The number of carbonyl (C=O) groups is 1. The zero-order valence-corrected chi connectivity index (χ0v) is 12.0. The first kappa shape index (κ1) is 15.5. The molecule has 1 unspecified atom stereocenters. The first-order chi connectivity index (χ1) is 9.04. The van der Waals surface area contributed by atoms with Crippen molar-refractivity contribution >= 4 is 5.97 Å². The Hall–Kier alpha value is -1.55. The van der Waals surface area contributed by atoms with E-state index in [0.717, 1.165) is 0 Å². The van der Waals surface area contributed by atoms with E-state index in [9.17, 15) is 4.79 Å². The molecule has 0 heterocycles. The summed E-state index contributed by atoms with van der Waals surface area (Å²) in [5.41, 5.74) is 0.426. The topological polar surface area (TPSA) is 44.8 Å². The van der Waals surface area contributed by atoms with Crippen molar-refractivity contribution in [1.82, 2.24) is 0 Å². The molecule has 0 aliphatic carbocycles. The summed E-state index contributed by atoms with van der Waals surface area (Å²) in [6.45, 7) is 8.62. The highest BCUT2D eigenvalue weighted by atomic mass is 16.7. The molecule has 0 fully saturated rings. The number of rotatable bonds is 7. The normalized spacial score (nSPS) is 12.3. The van der Waals surface area contributed by atoms with Gasteiger partial charge in [0.25, 0.3) is 0 Å². The maximum atomic E-state index is 12.0. The third kappa shape index (κ3) is 5.30. The quantitative estimate of drug-likeness (QED) is 0.561. The van der Waals surface area contributed by atoms with E-state index in [4.69, 9.17) is 14.2 Å². The number of para-hydroxylation sites is 1. The fourth-order valence-electron chi connectivity index (χ4n) is 1.51. The third-order valence-electron chi connectivity index (χ3n) is 2.35. The molecule has 1 aromatic rings. The summed E-state index contributed by atoms with van der Waals surface area (Å²) in [6, 6.07) is 7.02. The van der Waals surface area contributed by atoms with Crippen LogP contribution in [0.1, 0.15) is 38.1 Å². The minimum Gasteiger partial charge on any atom is -0.464 e. The molecular formula is C15H22O4. The van der Waals surface area contributed by atoms with E-state index in [1.165, 1.54) is 0 Å². The Kier molecular flexibility index (Phi) is 6.36. The number of hydrogen-bond donors (Lipinski definition) is 0. The Bertz CT molecular complexity index is 401. The lowest BCUT2D eigenvalue weighted by atomic mass is 10.2. The smallest absolute Gasteiger partial charge is 0.341 e. The second-order valence-corrected chi connectivity index (χ2v) is 4.63. The molecule has 4 nitrogen and oxygen atoms in total. The van der Waals surface area contributed by atoms with Crippen LogP contribution < -0.4 is 4.74 Å². The van der Waals surface area contributed by atoms with Gasteiger partial charge in [-0.15, -0.1) is 0 Å². The molecular weight excluding hydrogens is 244 g/mol. The highest BCUT2D eigenvalue weighted by Gasteiger charge is 2.15. The van der Waals surface area contributed by atoms with Crippen LogP contribution in [0.25, 0.3) is 0 Å². The van der Waals surface area contributed by atoms with Gasteiger partial charge < -0.3 is 14.2 Å². The molecule has 19 heavy (non-hydrogen) atoms. The molecule has 0 amide bonds. The van der Waals surface area contributed by atoms with Crippen LogP contribution in [0.15, 0.2) is 24.3 Å². The molecule has 0 bridgehead atoms. The van der Waals surface area contributed by atoms with Gasteiger partial charge in [0.15, 0.2) is 6.29 Å². The second-order valence-electron chi connectivity index (χ2n) is 4.63. The molecule has 1 aromatic carbocycles. The maximum absolute atomic E-state index is 12.0. The van der Waals surface area contributed by atoms with Crippen LogP contribution in [-0.4, -0.2) is 25.5 Å². The molecule has 1 atom stereocenters. The molecule has 106 valence electrons. The predicted octanol–water partition coefficient (Wildman–Crippen LogP) is 3.26. The Morgan fingerprint density at radius 3 is 2.53 bits per heavy atom. The molecule has 0 aliphatic heterocycles. The van der Waals surface area contributed by atoms with Crippen LogP contribution in [-0.2, 0) is 9.47 Å². The summed E-state index contributed by atoms with van der Waals surface area (Å²) < 4.78 is 16.1. The Labute approximate surface area is 114 Å². The van der Waals surface area contributed by atoms with Gasteiger partial charge in [-0.1, -0.05) is 26.0 Å². The minimum atomic E-state index is -0.399. The highest BCUT2D eigenvalue weighted by molar-refractivity contribution is 5.92. The van der Waals surface area contributed by atoms with Gasteiger partial charge in [0.05, 0.1) is 6.61 Å². The van der Waals surface area contributed by atoms with Gasteiger partial charge >= 0.3 is 5.97 Å². The number of esters is 1. The second kappa shape index (κ2) is 7.79. The molecule has 0 saturated carbocycles. The van der Waals surface area contributed by atoms with Crippen molar-refractivity contribution in [2.75, 3.05) is 13.2 Å². The summed E-state index contributed by atoms with van der Waals surface area (Å²) in [6.07, 6.45) is -0.399. The predicted molar refractivity (Wildman–Crippen MR) is 73.3 cm³/mol. The summed E-state index contributed by atoms with van der Waals surface area (Å²) in [4.78, 5) is 12.0. The lowest BCUT2D eigenvalue weighted by molar-refractivity contribution is -0.0618. The van der Waals surface area contributed by atoms with E-state index in [2.05, 4.69) is 0 Å². The van der Waals surface area contributed by atoms with Crippen LogP contribution in [0.5, 0.6) is 5.75 Å². The van der Waals surface area contributed by atoms with Gasteiger partial charge in [0, 0.05) is 6.61 Å². The molecule has 0 spiro atoms. The SMILES string of the molecule is CCOC(C)Oc1ccccc1C(=O)OCC(C)C. The molecule has 0 aromatic heterocycles. The molecule has 0 radical (unpaired) electrons. The molecule has 4 heteroatoms. The van der Waals surface area contributed by atoms with Crippen molar-refractivity contribution in [3.8, 4) is 5.75 Å².